The van der Waals surface area contributed by atoms with Gasteiger partial charge in [-0.2, -0.15) is 0 Å². The van der Waals surface area contributed by atoms with Crippen LogP contribution in [0.3, 0.4) is 0 Å². The molecule has 0 saturated heterocycles. The van der Waals surface area contributed by atoms with Gasteiger partial charge >= 0.3 is 0 Å². The Hall–Kier alpha value is -3.51. The Labute approximate surface area is 179 Å². The Kier molecular flexibility index (Phi) is 5.59. The summed E-state index contributed by atoms with van der Waals surface area (Å²) in [7, 11) is 3.18. The lowest BCUT2D eigenvalue weighted by Gasteiger charge is -2.12. The van der Waals surface area contributed by atoms with Gasteiger partial charge in [-0.05, 0) is 54.6 Å². The van der Waals surface area contributed by atoms with Gasteiger partial charge in [0.05, 0.1) is 25.3 Å². The summed E-state index contributed by atoms with van der Waals surface area (Å²) < 4.78 is 12.7. The van der Waals surface area contributed by atoms with Crippen molar-refractivity contribution in [2.75, 3.05) is 19.5 Å². The standard InChI is InChI=1S/C23H20ClN3O3/c1-29-20-12-7-15(13-21(20)30-2)23-26-18-5-3-4-6-19(18)27(23)14-22(28)25-17-10-8-16(24)9-11-17/h3-13H,14H2,1-2H3,(H,25,28). The molecule has 0 bridgehead atoms. The maximum atomic E-state index is 12.8. The number of anilines is 1. The number of methoxy groups -OCH3 is 2. The van der Waals surface area contributed by atoms with Crippen molar-refractivity contribution in [1.29, 1.82) is 0 Å². The first-order valence-electron chi connectivity index (χ1n) is 9.32. The van der Waals surface area contributed by atoms with E-state index in [-0.39, 0.29) is 12.5 Å². The molecule has 0 aliphatic carbocycles. The molecule has 0 unspecified atom stereocenters. The van der Waals surface area contributed by atoms with Gasteiger partial charge in [0.2, 0.25) is 5.91 Å². The number of ether oxygens (including phenoxy) is 2. The molecule has 6 nitrogen and oxygen atoms in total. The highest BCUT2D eigenvalue weighted by Gasteiger charge is 2.17. The highest BCUT2D eigenvalue weighted by molar-refractivity contribution is 6.30. The highest BCUT2D eigenvalue weighted by Crippen LogP contribution is 2.33. The maximum Gasteiger partial charge on any atom is 0.244 e. The molecule has 1 heterocycles. The van der Waals surface area contributed by atoms with Crippen molar-refractivity contribution in [3.63, 3.8) is 0 Å². The second-order valence-corrected chi connectivity index (χ2v) is 7.07. The predicted molar refractivity (Wildman–Crippen MR) is 118 cm³/mol. The summed E-state index contributed by atoms with van der Waals surface area (Å²) in [6, 6.07) is 20.3. The van der Waals surface area contributed by atoms with Gasteiger partial charge in [-0.1, -0.05) is 23.7 Å². The fourth-order valence-electron chi connectivity index (χ4n) is 3.31. The van der Waals surface area contributed by atoms with Crippen LogP contribution in [0.25, 0.3) is 22.4 Å². The minimum absolute atomic E-state index is 0.104. The molecular weight excluding hydrogens is 402 g/mol. The number of aromatic nitrogens is 2. The number of rotatable bonds is 6. The molecule has 152 valence electrons. The molecule has 0 saturated carbocycles. The third kappa shape index (κ3) is 3.95. The Morgan fingerprint density at radius 1 is 1.00 bits per heavy atom. The van der Waals surface area contributed by atoms with E-state index in [4.69, 9.17) is 26.1 Å². The molecule has 3 aromatic carbocycles. The lowest BCUT2D eigenvalue weighted by atomic mass is 10.2. The van der Waals surface area contributed by atoms with Crippen molar-refractivity contribution in [3.8, 4) is 22.9 Å². The molecule has 0 atom stereocenters. The summed E-state index contributed by atoms with van der Waals surface area (Å²) in [5.41, 5.74) is 3.18. The lowest BCUT2D eigenvalue weighted by molar-refractivity contribution is -0.116. The number of hydrogen-bond donors (Lipinski definition) is 1. The summed E-state index contributed by atoms with van der Waals surface area (Å²) in [5, 5.41) is 3.52. The van der Waals surface area contributed by atoms with Crippen LogP contribution >= 0.6 is 11.6 Å². The van der Waals surface area contributed by atoms with Gasteiger partial charge in [0.15, 0.2) is 11.5 Å². The van der Waals surface area contributed by atoms with E-state index in [2.05, 4.69) is 5.32 Å². The lowest BCUT2D eigenvalue weighted by Crippen LogP contribution is -2.19. The first kappa shape index (κ1) is 19.8. The Morgan fingerprint density at radius 3 is 2.47 bits per heavy atom. The van der Waals surface area contributed by atoms with E-state index >= 15 is 0 Å². The quantitative estimate of drug-likeness (QED) is 0.475. The van der Waals surface area contributed by atoms with Crippen LogP contribution in [0.2, 0.25) is 5.02 Å². The van der Waals surface area contributed by atoms with Crippen molar-refractivity contribution in [2.24, 2.45) is 0 Å². The summed E-state index contributed by atoms with van der Waals surface area (Å²) >= 11 is 5.92. The number of benzene rings is 3. The topological polar surface area (TPSA) is 65.4 Å². The molecule has 0 radical (unpaired) electrons. The molecule has 1 N–H and O–H groups in total. The van der Waals surface area contributed by atoms with E-state index in [1.807, 2.05) is 47.0 Å². The van der Waals surface area contributed by atoms with E-state index in [1.165, 1.54) is 0 Å². The van der Waals surface area contributed by atoms with E-state index in [0.29, 0.717) is 28.0 Å². The van der Waals surface area contributed by atoms with Crippen molar-refractivity contribution in [3.05, 3.63) is 71.8 Å². The number of hydrogen-bond acceptors (Lipinski definition) is 4. The SMILES string of the molecule is COc1ccc(-c2nc3ccccc3n2CC(=O)Nc2ccc(Cl)cc2)cc1OC. The van der Waals surface area contributed by atoms with Crippen LogP contribution in [0, 0.1) is 0 Å². The molecule has 1 amide bonds. The number of amides is 1. The van der Waals surface area contributed by atoms with E-state index in [9.17, 15) is 4.79 Å². The third-order valence-electron chi connectivity index (χ3n) is 4.73. The number of fused-ring (bicyclic) bond motifs is 1. The van der Waals surface area contributed by atoms with Crippen LogP contribution in [-0.2, 0) is 11.3 Å². The van der Waals surface area contributed by atoms with Crippen molar-refractivity contribution < 1.29 is 14.3 Å². The molecule has 7 heteroatoms. The second kappa shape index (κ2) is 8.47. The van der Waals surface area contributed by atoms with E-state index in [0.717, 1.165) is 16.6 Å². The van der Waals surface area contributed by atoms with Gasteiger partial charge in [0, 0.05) is 16.3 Å². The van der Waals surface area contributed by atoms with Crippen LogP contribution < -0.4 is 14.8 Å². The minimum Gasteiger partial charge on any atom is -0.493 e. The first-order chi connectivity index (χ1) is 14.6. The van der Waals surface area contributed by atoms with Crippen molar-refractivity contribution in [2.45, 2.75) is 6.54 Å². The normalized spacial score (nSPS) is 10.8. The van der Waals surface area contributed by atoms with Gasteiger partial charge in [-0.3, -0.25) is 4.79 Å². The smallest absolute Gasteiger partial charge is 0.244 e. The van der Waals surface area contributed by atoms with Crippen molar-refractivity contribution >= 4 is 34.2 Å². The Bertz CT molecular complexity index is 1200. The van der Waals surface area contributed by atoms with Crippen molar-refractivity contribution in [1.82, 2.24) is 9.55 Å². The maximum absolute atomic E-state index is 12.8. The summed E-state index contributed by atoms with van der Waals surface area (Å²) in [6.45, 7) is 0.104. The average Bonchev–Trinajstić information content (AvgIpc) is 3.13. The first-order valence-corrected chi connectivity index (χ1v) is 9.70. The Balaban J connectivity index is 1.72. The van der Waals surface area contributed by atoms with Gasteiger partial charge in [-0.25, -0.2) is 4.98 Å². The minimum atomic E-state index is -0.165. The van der Waals surface area contributed by atoms with E-state index in [1.54, 1.807) is 38.5 Å². The van der Waals surface area contributed by atoms with E-state index < -0.39 is 0 Å². The van der Waals surface area contributed by atoms with Gasteiger partial charge in [0.25, 0.3) is 0 Å². The predicted octanol–water partition coefficient (Wildman–Crippen LogP) is 5.01. The number of para-hydroxylation sites is 2. The van der Waals surface area contributed by atoms with Crippen LogP contribution in [-0.4, -0.2) is 29.7 Å². The second-order valence-electron chi connectivity index (χ2n) is 6.64. The number of carbonyl (C=O) groups excluding carboxylic acids is 1. The number of imidazole rings is 1. The summed E-state index contributed by atoms with van der Waals surface area (Å²) in [5.74, 6) is 1.73. The molecule has 0 spiro atoms. The molecule has 4 aromatic rings. The number of carbonyl (C=O) groups is 1. The number of nitrogens with zero attached hydrogens (tertiary/aromatic N) is 2. The summed E-state index contributed by atoms with van der Waals surface area (Å²) in [6.07, 6.45) is 0. The fourth-order valence-corrected chi connectivity index (χ4v) is 3.43. The van der Waals surface area contributed by atoms with Gasteiger partial charge < -0.3 is 19.4 Å². The van der Waals surface area contributed by atoms with Crippen LogP contribution in [0.15, 0.2) is 66.7 Å². The molecule has 0 aliphatic heterocycles. The molecule has 0 aliphatic rings. The van der Waals surface area contributed by atoms with Crippen LogP contribution in [0.1, 0.15) is 0 Å². The number of nitrogens with one attached hydrogen (secondary N) is 1. The monoisotopic (exact) mass is 421 g/mol. The van der Waals surface area contributed by atoms with Crippen LogP contribution in [0.5, 0.6) is 11.5 Å². The van der Waals surface area contributed by atoms with Crippen LogP contribution in [0.4, 0.5) is 5.69 Å². The largest absolute Gasteiger partial charge is 0.493 e. The number of halogens is 1. The highest BCUT2D eigenvalue weighted by atomic mass is 35.5. The Morgan fingerprint density at radius 2 is 1.73 bits per heavy atom. The molecular formula is C23H20ClN3O3. The zero-order chi connectivity index (χ0) is 21.1. The molecule has 4 rings (SSSR count). The average molecular weight is 422 g/mol. The zero-order valence-corrected chi connectivity index (χ0v) is 17.3. The molecule has 30 heavy (non-hydrogen) atoms. The zero-order valence-electron chi connectivity index (χ0n) is 16.6. The summed E-state index contributed by atoms with van der Waals surface area (Å²) in [4.78, 5) is 17.5. The van der Waals surface area contributed by atoms with Gasteiger partial charge in [0.1, 0.15) is 12.4 Å². The fraction of sp³-hybridized carbons (Fsp3) is 0.130. The molecule has 0 fully saturated rings. The van der Waals surface area contributed by atoms with Gasteiger partial charge in [-0.15, -0.1) is 0 Å². The molecule has 1 aromatic heterocycles. The third-order valence-corrected chi connectivity index (χ3v) is 4.98.